The molecule has 0 heterocycles. The van der Waals surface area contributed by atoms with Crippen molar-refractivity contribution in [2.24, 2.45) is 11.8 Å². The third-order valence-corrected chi connectivity index (χ3v) is 8.03. The number of benzene rings is 2. The van der Waals surface area contributed by atoms with Gasteiger partial charge in [0.15, 0.2) is 0 Å². The van der Waals surface area contributed by atoms with Crippen molar-refractivity contribution >= 4 is 29.6 Å². The van der Waals surface area contributed by atoms with Gasteiger partial charge in [-0.05, 0) is 22.2 Å². The minimum absolute atomic E-state index is 0.180. The van der Waals surface area contributed by atoms with Crippen molar-refractivity contribution in [2.75, 3.05) is 13.2 Å². The summed E-state index contributed by atoms with van der Waals surface area (Å²) in [5.41, 5.74) is -0.940. The summed E-state index contributed by atoms with van der Waals surface area (Å²) in [6, 6.07) is 18.4. The second-order valence-electron chi connectivity index (χ2n) is 7.47. The Morgan fingerprint density at radius 3 is 1.33 bits per heavy atom. The molecule has 0 saturated heterocycles. The van der Waals surface area contributed by atoms with Crippen LogP contribution in [0.15, 0.2) is 60.7 Å². The number of rotatable bonds is 8. The average Bonchev–Trinajstić information content (AvgIpc) is 2.67. The van der Waals surface area contributed by atoms with E-state index in [1.807, 2.05) is 88.4 Å². The molecule has 0 aliphatic heterocycles. The van der Waals surface area contributed by atoms with E-state index in [0.29, 0.717) is 10.4 Å². The van der Waals surface area contributed by atoms with Crippen LogP contribution in [0.25, 0.3) is 0 Å². The van der Waals surface area contributed by atoms with Gasteiger partial charge in [-0.25, -0.2) is 0 Å². The van der Waals surface area contributed by atoms with Gasteiger partial charge in [0.1, 0.15) is 0 Å². The molecule has 0 atom stereocenters. The topological polar surface area (TPSA) is 52.6 Å². The third-order valence-electron chi connectivity index (χ3n) is 4.12. The third kappa shape index (κ3) is 4.86. The Kier molecular flexibility index (Phi) is 7.36. The first kappa shape index (κ1) is 20.9. The highest BCUT2D eigenvalue weighted by molar-refractivity contribution is 7.37. The monoisotopic (exact) mass is 384 g/mol. The van der Waals surface area contributed by atoms with Crippen LogP contribution in [0.2, 0.25) is 0 Å². The van der Waals surface area contributed by atoms with Gasteiger partial charge >= 0.3 is 8.07 Å². The molecule has 4 nitrogen and oxygen atoms in total. The molecule has 0 aliphatic carbocycles. The van der Waals surface area contributed by atoms with Crippen molar-refractivity contribution in [3.63, 3.8) is 0 Å². The van der Waals surface area contributed by atoms with Crippen LogP contribution in [0.4, 0.5) is 9.59 Å². The summed E-state index contributed by atoms with van der Waals surface area (Å²) in [4.78, 5) is 26.8. The van der Waals surface area contributed by atoms with Crippen LogP contribution < -0.4 is 10.4 Å². The molecule has 5 heteroatoms. The Hall–Kier alpha value is -2.40. The van der Waals surface area contributed by atoms with Crippen molar-refractivity contribution in [3.05, 3.63) is 60.7 Å². The van der Waals surface area contributed by atoms with Gasteiger partial charge in [0.25, 0.3) is 11.2 Å². The molecule has 0 unspecified atom stereocenters. The van der Waals surface area contributed by atoms with E-state index in [4.69, 9.17) is 9.47 Å². The van der Waals surface area contributed by atoms with E-state index in [-0.39, 0.29) is 25.0 Å². The summed E-state index contributed by atoms with van der Waals surface area (Å²) in [5, 5.41) is 1.36. The fourth-order valence-corrected chi connectivity index (χ4v) is 6.23. The van der Waals surface area contributed by atoms with E-state index in [2.05, 4.69) is 0 Å². The Morgan fingerprint density at radius 1 is 0.704 bits per heavy atom. The summed E-state index contributed by atoms with van der Waals surface area (Å²) < 4.78 is 11.3. The van der Waals surface area contributed by atoms with Crippen molar-refractivity contribution in [1.29, 1.82) is 0 Å². The quantitative estimate of drug-likeness (QED) is 0.646. The molecule has 0 spiro atoms. The van der Waals surface area contributed by atoms with Crippen LogP contribution in [0.5, 0.6) is 0 Å². The van der Waals surface area contributed by atoms with Crippen LogP contribution in [-0.2, 0) is 9.47 Å². The lowest BCUT2D eigenvalue weighted by molar-refractivity contribution is 0.147. The SMILES string of the molecule is CC(C)COC(=O)[Si](C(=O)OCC(C)C)(c1ccccc1)c1ccccc1. The van der Waals surface area contributed by atoms with Crippen molar-refractivity contribution in [2.45, 2.75) is 27.7 Å². The van der Waals surface area contributed by atoms with E-state index in [1.165, 1.54) is 0 Å². The average molecular weight is 385 g/mol. The number of carbonyl (C=O) groups is 2. The number of ether oxygens (including phenoxy) is 2. The molecule has 2 aromatic rings. The summed E-state index contributed by atoms with van der Waals surface area (Å²) >= 11 is 0. The van der Waals surface area contributed by atoms with Crippen molar-refractivity contribution in [1.82, 2.24) is 0 Å². The van der Waals surface area contributed by atoms with Crippen LogP contribution in [0.1, 0.15) is 27.7 Å². The van der Waals surface area contributed by atoms with Gasteiger partial charge in [-0.3, -0.25) is 9.59 Å². The maximum absolute atomic E-state index is 13.4. The lowest BCUT2D eigenvalue weighted by atomic mass is 10.2. The normalized spacial score (nSPS) is 11.5. The molecule has 2 rings (SSSR count). The van der Waals surface area contributed by atoms with Gasteiger partial charge in [0, 0.05) is 0 Å². The van der Waals surface area contributed by atoms with E-state index < -0.39 is 19.3 Å². The van der Waals surface area contributed by atoms with Crippen LogP contribution >= 0.6 is 0 Å². The molecular weight excluding hydrogens is 356 g/mol. The predicted octanol–water partition coefficient (Wildman–Crippen LogP) is 4.00. The molecule has 0 N–H and O–H groups in total. The first-order chi connectivity index (χ1) is 12.9. The summed E-state index contributed by atoms with van der Waals surface area (Å²) in [6.45, 7) is 8.42. The molecule has 144 valence electrons. The first-order valence-corrected chi connectivity index (χ1v) is 11.3. The van der Waals surface area contributed by atoms with Gasteiger partial charge in [-0.2, -0.15) is 0 Å². The summed E-state index contributed by atoms with van der Waals surface area (Å²) in [6.07, 6.45) is 0. The van der Waals surface area contributed by atoms with E-state index in [9.17, 15) is 9.59 Å². The predicted molar refractivity (Wildman–Crippen MR) is 110 cm³/mol. The molecule has 0 aliphatic rings. The largest absolute Gasteiger partial charge is 0.469 e. The zero-order chi connectivity index (χ0) is 19.9. The standard InChI is InChI=1S/C22H28O4Si/c1-17(2)15-25-21(23)27(19-11-7-5-8-12-19,20-13-9-6-10-14-20)22(24)26-16-18(3)4/h5-14,17-18H,15-16H2,1-4H3. The molecular formula is C22H28O4Si. The number of carbonyl (C=O) groups excluding carboxylic acids is 2. The highest BCUT2D eigenvalue weighted by atomic mass is 28.3. The van der Waals surface area contributed by atoms with Gasteiger partial charge in [0.05, 0.1) is 13.2 Å². The van der Waals surface area contributed by atoms with E-state index in [1.54, 1.807) is 0 Å². The molecule has 2 aromatic carbocycles. The molecule has 0 saturated carbocycles. The Morgan fingerprint density at radius 2 is 1.04 bits per heavy atom. The number of hydrogen-bond donors (Lipinski definition) is 0. The van der Waals surface area contributed by atoms with Gasteiger partial charge < -0.3 is 9.47 Å². The maximum atomic E-state index is 13.4. The van der Waals surface area contributed by atoms with Crippen molar-refractivity contribution < 1.29 is 19.1 Å². The van der Waals surface area contributed by atoms with Gasteiger partial charge in [-0.15, -0.1) is 0 Å². The highest BCUT2D eigenvalue weighted by Crippen LogP contribution is 2.15. The Bertz CT molecular complexity index is 676. The molecule has 0 aromatic heterocycles. The van der Waals surface area contributed by atoms with Gasteiger partial charge in [0.2, 0.25) is 0 Å². The van der Waals surface area contributed by atoms with Crippen LogP contribution in [-0.4, -0.2) is 32.5 Å². The summed E-state index contributed by atoms with van der Waals surface area (Å²) in [7, 11) is -3.61. The molecule has 27 heavy (non-hydrogen) atoms. The molecule has 0 radical (unpaired) electrons. The summed E-state index contributed by atoms with van der Waals surface area (Å²) in [5.74, 6) is 0.359. The molecule has 0 amide bonds. The zero-order valence-corrected chi connectivity index (χ0v) is 17.5. The lowest BCUT2D eigenvalue weighted by Crippen LogP contribution is -2.70. The minimum atomic E-state index is -3.61. The fourth-order valence-electron chi connectivity index (χ4n) is 2.80. The Balaban J connectivity index is 2.61. The zero-order valence-electron chi connectivity index (χ0n) is 16.5. The first-order valence-electron chi connectivity index (χ1n) is 9.34. The lowest BCUT2D eigenvalue weighted by Gasteiger charge is -2.28. The molecule has 0 bridgehead atoms. The fraction of sp³-hybridized carbons (Fsp3) is 0.364. The van der Waals surface area contributed by atoms with Crippen LogP contribution in [0, 0.1) is 11.8 Å². The van der Waals surface area contributed by atoms with Crippen molar-refractivity contribution in [3.8, 4) is 0 Å². The van der Waals surface area contributed by atoms with Crippen LogP contribution in [0.3, 0.4) is 0 Å². The smallest absolute Gasteiger partial charge is 0.370 e. The van der Waals surface area contributed by atoms with Gasteiger partial charge in [-0.1, -0.05) is 88.4 Å². The van der Waals surface area contributed by atoms with E-state index >= 15 is 0 Å². The highest BCUT2D eigenvalue weighted by Gasteiger charge is 2.56. The Labute approximate surface area is 162 Å². The molecule has 0 fully saturated rings. The second-order valence-corrected chi connectivity index (χ2v) is 10.9. The number of hydrogen-bond acceptors (Lipinski definition) is 4. The maximum Gasteiger partial charge on any atom is 0.370 e. The second kappa shape index (κ2) is 9.51. The minimum Gasteiger partial charge on any atom is -0.469 e. The van der Waals surface area contributed by atoms with E-state index in [0.717, 1.165) is 0 Å².